The van der Waals surface area contributed by atoms with E-state index in [0.717, 1.165) is 19.3 Å². The molecule has 2 fully saturated rings. The molecule has 0 aromatic heterocycles. The molecule has 0 radical (unpaired) electrons. The van der Waals surface area contributed by atoms with Crippen LogP contribution < -0.4 is 5.43 Å². The molecule has 0 unspecified atom stereocenters. The molecule has 1 aromatic carbocycles. The van der Waals surface area contributed by atoms with Crippen molar-refractivity contribution in [2.24, 2.45) is 5.10 Å². The van der Waals surface area contributed by atoms with E-state index in [-0.39, 0.29) is 16.4 Å². The topological polar surface area (TPSA) is 122 Å². The van der Waals surface area contributed by atoms with Crippen molar-refractivity contribution in [3.05, 3.63) is 24.3 Å². The molecule has 2 heterocycles. The average molecular weight is 404 g/mol. The minimum atomic E-state index is -3.48. The number of hydrogen-bond acceptors (Lipinski definition) is 7. The lowest BCUT2D eigenvalue weighted by Gasteiger charge is -2.28. The molecule has 28 heavy (non-hydrogen) atoms. The highest BCUT2D eigenvalue weighted by atomic mass is 32.2. The van der Waals surface area contributed by atoms with Gasteiger partial charge in [0.05, 0.1) is 23.8 Å². The molecule has 3 rings (SSSR count). The number of piperidine rings is 1. The van der Waals surface area contributed by atoms with Crippen LogP contribution in [-0.4, -0.2) is 68.6 Å². The maximum Gasteiger partial charge on any atom is 0.243 e. The third kappa shape index (κ3) is 4.67. The van der Waals surface area contributed by atoms with Crippen LogP contribution in [0.15, 0.2) is 34.3 Å². The Hall–Kier alpha value is -2.48. The molecular weight excluding hydrogens is 380 g/mol. The average Bonchev–Trinajstić information content (AvgIpc) is 2.75. The minimum absolute atomic E-state index is 0.0353. The lowest BCUT2D eigenvalue weighted by Crippen LogP contribution is -2.43. The van der Waals surface area contributed by atoms with Gasteiger partial charge >= 0.3 is 0 Å². The second-order valence-electron chi connectivity index (χ2n) is 6.62. The maximum atomic E-state index is 12.7. The standard InChI is InChI=1S/C18H24N6O3S/c19-14-17(18(20)23-10-12-27-13-11-23)22-21-15-4-6-16(7-5-15)28(25,26)24-8-2-1-3-9-24/h4-7,20-21H,1-3,8-13H2/b20-18?,22-17-. The van der Waals surface area contributed by atoms with E-state index in [0.29, 0.717) is 45.1 Å². The number of anilines is 1. The van der Waals surface area contributed by atoms with Crippen LogP contribution in [0.3, 0.4) is 0 Å². The zero-order valence-electron chi connectivity index (χ0n) is 15.6. The zero-order chi connectivity index (χ0) is 20.0. The first-order chi connectivity index (χ1) is 13.5. The first-order valence-corrected chi connectivity index (χ1v) is 10.7. The van der Waals surface area contributed by atoms with Crippen LogP contribution in [0.5, 0.6) is 0 Å². The predicted molar refractivity (Wildman–Crippen MR) is 106 cm³/mol. The van der Waals surface area contributed by atoms with Crippen LogP contribution >= 0.6 is 0 Å². The number of nitriles is 1. The van der Waals surface area contributed by atoms with Gasteiger partial charge in [-0.15, -0.1) is 0 Å². The molecule has 2 aliphatic heterocycles. The largest absolute Gasteiger partial charge is 0.378 e. The van der Waals surface area contributed by atoms with Crippen LogP contribution in [0, 0.1) is 16.7 Å². The van der Waals surface area contributed by atoms with Gasteiger partial charge in [0.2, 0.25) is 15.7 Å². The van der Waals surface area contributed by atoms with Gasteiger partial charge in [0.15, 0.2) is 5.84 Å². The number of hydrazone groups is 1. The summed E-state index contributed by atoms with van der Waals surface area (Å²) in [5.41, 5.74) is 3.24. The Morgan fingerprint density at radius 2 is 1.75 bits per heavy atom. The molecule has 10 heteroatoms. The van der Waals surface area contributed by atoms with E-state index in [1.54, 1.807) is 17.0 Å². The molecule has 9 nitrogen and oxygen atoms in total. The fourth-order valence-corrected chi connectivity index (χ4v) is 4.66. The van der Waals surface area contributed by atoms with Crippen molar-refractivity contribution in [3.8, 4) is 6.07 Å². The van der Waals surface area contributed by atoms with Crippen molar-refractivity contribution in [3.63, 3.8) is 0 Å². The van der Waals surface area contributed by atoms with Crippen molar-refractivity contribution >= 4 is 27.3 Å². The van der Waals surface area contributed by atoms with Gasteiger partial charge in [-0.1, -0.05) is 6.42 Å². The van der Waals surface area contributed by atoms with Crippen molar-refractivity contribution in [2.45, 2.75) is 24.2 Å². The van der Waals surface area contributed by atoms with Crippen LogP contribution in [-0.2, 0) is 14.8 Å². The smallest absolute Gasteiger partial charge is 0.243 e. The maximum absolute atomic E-state index is 12.7. The number of nitrogens with zero attached hydrogens (tertiary/aromatic N) is 4. The van der Waals surface area contributed by atoms with E-state index in [9.17, 15) is 13.7 Å². The Bertz CT molecular complexity index is 864. The van der Waals surface area contributed by atoms with E-state index in [1.807, 2.05) is 6.07 Å². The van der Waals surface area contributed by atoms with Gasteiger partial charge in [-0.05, 0) is 37.1 Å². The van der Waals surface area contributed by atoms with E-state index >= 15 is 0 Å². The van der Waals surface area contributed by atoms with Crippen LogP contribution in [0.1, 0.15) is 19.3 Å². The Kier molecular flexibility index (Phi) is 6.61. The molecule has 0 bridgehead atoms. The van der Waals surface area contributed by atoms with Gasteiger partial charge in [0.25, 0.3) is 0 Å². The molecule has 0 atom stereocenters. The number of benzene rings is 1. The number of ether oxygens (including phenoxy) is 1. The monoisotopic (exact) mass is 404 g/mol. The molecule has 0 aliphatic carbocycles. The summed E-state index contributed by atoms with van der Waals surface area (Å²) in [5.74, 6) is 0.0441. The molecule has 0 spiro atoms. The summed E-state index contributed by atoms with van der Waals surface area (Å²) in [6, 6.07) is 8.19. The molecule has 150 valence electrons. The number of sulfonamides is 1. The predicted octanol–water partition coefficient (Wildman–Crippen LogP) is 1.46. The second kappa shape index (κ2) is 9.14. The van der Waals surface area contributed by atoms with Crippen LogP contribution in [0.25, 0.3) is 0 Å². The molecular formula is C18H24N6O3S. The van der Waals surface area contributed by atoms with E-state index in [4.69, 9.17) is 10.1 Å². The number of morpholine rings is 1. The SMILES string of the molecule is N#C/C(=N/Nc1ccc(S(=O)(=O)N2CCCCC2)cc1)C(=N)N1CCOCC1. The van der Waals surface area contributed by atoms with E-state index in [2.05, 4.69) is 10.5 Å². The van der Waals surface area contributed by atoms with Crippen molar-refractivity contribution in [1.29, 1.82) is 10.7 Å². The highest BCUT2D eigenvalue weighted by Gasteiger charge is 2.25. The summed E-state index contributed by atoms with van der Waals surface area (Å²) in [4.78, 5) is 1.98. The molecule has 0 saturated carbocycles. The minimum Gasteiger partial charge on any atom is -0.378 e. The fraction of sp³-hybridized carbons (Fsp3) is 0.500. The summed E-state index contributed by atoms with van der Waals surface area (Å²) in [6.45, 7) is 3.23. The first-order valence-electron chi connectivity index (χ1n) is 9.28. The zero-order valence-corrected chi connectivity index (χ0v) is 16.4. The number of amidine groups is 1. The lowest BCUT2D eigenvalue weighted by atomic mass is 10.2. The summed E-state index contributed by atoms with van der Waals surface area (Å²) < 4.78 is 32.1. The second-order valence-corrected chi connectivity index (χ2v) is 8.56. The molecule has 0 amide bonds. The van der Waals surface area contributed by atoms with E-state index < -0.39 is 10.0 Å². The van der Waals surface area contributed by atoms with Crippen LogP contribution in [0.4, 0.5) is 5.69 Å². The van der Waals surface area contributed by atoms with Crippen molar-refractivity contribution < 1.29 is 13.2 Å². The molecule has 1 aromatic rings. The Morgan fingerprint density at radius 3 is 2.36 bits per heavy atom. The summed E-state index contributed by atoms with van der Waals surface area (Å²) >= 11 is 0. The fourth-order valence-electron chi connectivity index (χ4n) is 3.14. The molecule has 2 aliphatic rings. The number of nitrogens with one attached hydrogen (secondary N) is 2. The summed E-state index contributed by atoms with van der Waals surface area (Å²) in [6.07, 6.45) is 2.84. The highest BCUT2D eigenvalue weighted by Crippen LogP contribution is 2.22. The van der Waals surface area contributed by atoms with Gasteiger partial charge < -0.3 is 9.64 Å². The lowest BCUT2D eigenvalue weighted by molar-refractivity contribution is 0.0686. The van der Waals surface area contributed by atoms with Crippen molar-refractivity contribution in [2.75, 3.05) is 44.8 Å². The van der Waals surface area contributed by atoms with Crippen LogP contribution in [0.2, 0.25) is 0 Å². The summed E-state index contributed by atoms with van der Waals surface area (Å²) in [7, 11) is -3.48. The van der Waals surface area contributed by atoms with Gasteiger partial charge in [-0.2, -0.15) is 14.7 Å². The number of hydrogen-bond donors (Lipinski definition) is 2. The normalized spacial score (nSPS) is 19.1. The Balaban J connectivity index is 1.67. The van der Waals surface area contributed by atoms with E-state index in [1.165, 1.54) is 16.4 Å². The van der Waals surface area contributed by atoms with Gasteiger partial charge in [-0.3, -0.25) is 10.8 Å². The van der Waals surface area contributed by atoms with Gasteiger partial charge in [0.1, 0.15) is 6.07 Å². The van der Waals surface area contributed by atoms with Gasteiger partial charge in [-0.25, -0.2) is 8.42 Å². The van der Waals surface area contributed by atoms with Gasteiger partial charge in [0, 0.05) is 26.2 Å². The highest BCUT2D eigenvalue weighted by molar-refractivity contribution is 7.89. The van der Waals surface area contributed by atoms with Crippen molar-refractivity contribution in [1.82, 2.24) is 9.21 Å². The molecule has 2 N–H and O–H groups in total. The third-order valence-electron chi connectivity index (χ3n) is 4.76. The quantitative estimate of drug-likeness (QED) is 0.435. The first kappa shape index (κ1) is 20.3. The molecule has 2 saturated heterocycles. The Labute approximate surface area is 165 Å². The number of rotatable bonds is 5. The Morgan fingerprint density at radius 1 is 1.11 bits per heavy atom. The third-order valence-corrected chi connectivity index (χ3v) is 6.67. The summed E-state index contributed by atoms with van der Waals surface area (Å²) in [5, 5.41) is 21.4.